The molecule has 1 aromatic rings. The smallest absolute Gasteiger partial charge is 0.303 e. The maximum atomic E-state index is 12.8. The average molecular weight is 378 g/mol. The lowest BCUT2D eigenvalue weighted by Crippen LogP contribution is -2.43. The Morgan fingerprint density at radius 1 is 1.31 bits per heavy atom. The molecule has 4 unspecified atom stereocenters. The van der Waals surface area contributed by atoms with Crippen LogP contribution in [0, 0.1) is 24.7 Å². The molecule has 0 spiro atoms. The van der Waals surface area contributed by atoms with Gasteiger partial charge in [0.25, 0.3) is 0 Å². The van der Waals surface area contributed by atoms with Gasteiger partial charge in [-0.15, -0.1) is 0 Å². The first-order valence-electron chi connectivity index (χ1n) is 9.34. The van der Waals surface area contributed by atoms with Crippen LogP contribution in [0.2, 0.25) is 0 Å². The van der Waals surface area contributed by atoms with Crippen LogP contribution in [0.5, 0.6) is 0 Å². The molecule has 2 fully saturated rings. The van der Waals surface area contributed by atoms with Gasteiger partial charge < -0.3 is 5.11 Å². The summed E-state index contributed by atoms with van der Waals surface area (Å²) in [6.45, 7) is 1.89. The van der Waals surface area contributed by atoms with Gasteiger partial charge >= 0.3 is 5.97 Å². The molecule has 2 aliphatic carbocycles. The third kappa shape index (κ3) is 4.35. The van der Waals surface area contributed by atoms with Crippen molar-refractivity contribution < 1.29 is 18.3 Å². The second-order valence-electron chi connectivity index (χ2n) is 7.59. The molecule has 2 N–H and O–H groups in total. The molecular formula is C20H27NO4S. The highest BCUT2D eigenvalue weighted by atomic mass is 32.2. The Morgan fingerprint density at radius 2 is 2.08 bits per heavy atom. The van der Waals surface area contributed by atoms with Crippen molar-refractivity contribution >= 4 is 16.0 Å². The number of benzene rings is 1. The fourth-order valence-electron chi connectivity index (χ4n) is 4.44. The molecule has 0 heterocycles. The number of aryl methyl sites for hydroxylation is 1. The summed E-state index contributed by atoms with van der Waals surface area (Å²) in [6, 6.07) is 6.94. The first-order valence-corrected chi connectivity index (χ1v) is 10.8. The molecule has 4 atom stereocenters. The van der Waals surface area contributed by atoms with Crippen LogP contribution in [0.3, 0.4) is 0 Å². The Hall–Kier alpha value is -1.66. The molecule has 3 rings (SSSR count). The highest BCUT2D eigenvalue weighted by molar-refractivity contribution is 7.89. The fraction of sp³-hybridized carbons (Fsp3) is 0.550. The van der Waals surface area contributed by atoms with Crippen LogP contribution in [0.1, 0.15) is 44.1 Å². The lowest BCUT2D eigenvalue weighted by molar-refractivity contribution is -0.137. The van der Waals surface area contributed by atoms with Gasteiger partial charge in [0, 0.05) is 12.5 Å². The number of hydrogen-bond donors (Lipinski definition) is 2. The monoisotopic (exact) mass is 377 g/mol. The van der Waals surface area contributed by atoms with Crippen LogP contribution in [0.25, 0.3) is 0 Å². The summed E-state index contributed by atoms with van der Waals surface area (Å²) in [5.74, 6) is 0.356. The van der Waals surface area contributed by atoms with E-state index in [0.29, 0.717) is 23.2 Å². The molecule has 26 heavy (non-hydrogen) atoms. The van der Waals surface area contributed by atoms with E-state index in [1.807, 2.05) is 19.1 Å². The topological polar surface area (TPSA) is 83.5 Å². The van der Waals surface area contributed by atoms with E-state index < -0.39 is 16.0 Å². The first-order chi connectivity index (χ1) is 12.4. The van der Waals surface area contributed by atoms with Gasteiger partial charge in [0.05, 0.1) is 4.90 Å². The van der Waals surface area contributed by atoms with E-state index in [1.54, 1.807) is 18.2 Å². The van der Waals surface area contributed by atoms with E-state index in [2.05, 4.69) is 10.8 Å². The number of allylic oxidation sites excluding steroid dienone is 1. The number of rotatable bonds is 8. The van der Waals surface area contributed by atoms with Gasteiger partial charge in [0.1, 0.15) is 0 Å². The minimum Gasteiger partial charge on any atom is -0.481 e. The average Bonchev–Trinajstić information content (AvgIpc) is 3.16. The minimum atomic E-state index is -3.53. The summed E-state index contributed by atoms with van der Waals surface area (Å²) in [5.41, 5.74) is 0.927. The van der Waals surface area contributed by atoms with Gasteiger partial charge in [0.2, 0.25) is 10.0 Å². The molecule has 6 heteroatoms. The maximum absolute atomic E-state index is 12.8. The Labute approximate surface area is 155 Å². The molecule has 5 nitrogen and oxygen atoms in total. The number of unbranched alkanes of at least 4 members (excludes halogenated alkanes) is 1. The third-order valence-corrected chi connectivity index (χ3v) is 7.15. The van der Waals surface area contributed by atoms with Crippen molar-refractivity contribution in [3.05, 3.63) is 42.0 Å². The van der Waals surface area contributed by atoms with Crippen molar-refractivity contribution in [3.8, 4) is 0 Å². The fourth-order valence-corrected chi connectivity index (χ4v) is 5.88. The Balaban J connectivity index is 1.69. The zero-order chi connectivity index (χ0) is 18.7. The molecule has 142 valence electrons. The van der Waals surface area contributed by atoms with Crippen LogP contribution in [0.15, 0.2) is 41.3 Å². The van der Waals surface area contributed by atoms with E-state index in [0.717, 1.165) is 31.2 Å². The molecule has 0 radical (unpaired) electrons. The number of nitrogens with one attached hydrogen (secondary N) is 1. The molecule has 2 aliphatic rings. The number of carboxylic acid groups (broad SMARTS) is 1. The minimum absolute atomic E-state index is 0.0602. The van der Waals surface area contributed by atoms with Crippen molar-refractivity contribution in [2.75, 3.05) is 0 Å². The van der Waals surface area contributed by atoms with Crippen LogP contribution in [0.4, 0.5) is 0 Å². The van der Waals surface area contributed by atoms with Gasteiger partial charge in [-0.25, -0.2) is 13.1 Å². The van der Waals surface area contributed by atoms with Crippen LogP contribution >= 0.6 is 0 Å². The Bertz CT molecular complexity index is 787. The molecule has 2 saturated carbocycles. The lowest BCUT2D eigenvalue weighted by Gasteiger charge is -2.29. The van der Waals surface area contributed by atoms with Crippen molar-refractivity contribution in [1.82, 2.24) is 4.72 Å². The van der Waals surface area contributed by atoms with E-state index in [4.69, 9.17) is 5.11 Å². The first kappa shape index (κ1) is 19.1. The SMILES string of the molecule is Cc1cccc(S(=O)(=O)NC2C3CCC(C3)C2C=CCCCC(=O)O)c1. The number of fused-ring (bicyclic) bond motifs is 2. The summed E-state index contributed by atoms with van der Waals surface area (Å²) in [5, 5.41) is 8.71. The second kappa shape index (κ2) is 7.92. The number of hydrogen-bond acceptors (Lipinski definition) is 3. The molecule has 2 bridgehead atoms. The number of aliphatic carboxylic acids is 1. The molecule has 0 aliphatic heterocycles. The highest BCUT2D eigenvalue weighted by Gasteiger charge is 2.47. The summed E-state index contributed by atoms with van der Waals surface area (Å²) in [6.07, 6.45) is 8.96. The van der Waals surface area contributed by atoms with Gasteiger partial charge in [0.15, 0.2) is 0 Å². The lowest BCUT2D eigenvalue weighted by atomic mass is 9.84. The molecular weight excluding hydrogens is 350 g/mol. The zero-order valence-corrected chi connectivity index (χ0v) is 15.9. The van der Waals surface area contributed by atoms with Crippen molar-refractivity contribution in [2.45, 2.75) is 56.4 Å². The number of carboxylic acids is 1. The van der Waals surface area contributed by atoms with Gasteiger partial charge in [-0.05, 0) is 74.5 Å². The normalized spacial score (nSPS) is 28.0. The largest absolute Gasteiger partial charge is 0.481 e. The van der Waals surface area contributed by atoms with E-state index in [-0.39, 0.29) is 18.4 Å². The summed E-state index contributed by atoms with van der Waals surface area (Å²) >= 11 is 0. The number of sulfonamides is 1. The predicted molar refractivity (Wildman–Crippen MR) is 100 cm³/mol. The second-order valence-corrected chi connectivity index (χ2v) is 9.30. The molecule has 1 aromatic carbocycles. The summed E-state index contributed by atoms with van der Waals surface area (Å²) in [4.78, 5) is 10.9. The summed E-state index contributed by atoms with van der Waals surface area (Å²) in [7, 11) is -3.53. The third-order valence-electron chi connectivity index (χ3n) is 5.69. The standard InChI is InChI=1S/C20H27NO4S/c1-14-6-5-7-17(12-14)26(24,25)21-20-16-11-10-15(13-16)18(20)8-3-2-4-9-19(22)23/h3,5-8,12,15-16,18,20-21H,2,4,9-11,13H2,1H3,(H,22,23). The van der Waals surface area contributed by atoms with E-state index in [1.165, 1.54) is 0 Å². The molecule has 0 saturated heterocycles. The van der Waals surface area contributed by atoms with Gasteiger partial charge in [-0.1, -0.05) is 24.3 Å². The quantitative estimate of drug-likeness (QED) is 0.536. The van der Waals surface area contributed by atoms with Crippen LogP contribution in [-0.2, 0) is 14.8 Å². The van der Waals surface area contributed by atoms with Gasteiger partial charge in [-0.3, -0.25) is 4.79 Å². The molecule has 0 aromatic heterocycles. The van der Waals surface area contributed by atoms with Crippen molar-refractivity contribution in [3.63, 3.8) is 0 Å². The van der Waals surface area contributed by atoms with Crippen LogP contribution < -0.4 is 4.72 Å². The number of carbonyl (C=O) groups is 1. The Kier molecular flexibility index (Phi) is 5.82. The van der Waals surface area contributed by atoms with E-state index >= 15 is 0 Å². The highest BCUT2D eigenvalue weighted by Crippen LogP contribution is 2.49. The Morgan fingerprint density at radius 3 is 2.81 bits per heavy atom. The summed E-state index contributed by atoms with van der Waals surface area (Å²) < 4.78 is 28.6. The molecule has 0 amide bonds. The van der Waals surface area contributed by atoms with Gasteiger partial charge in [-0.2, -0.15) is 0 Å². The predicted octanol–water partition coefficient (Wildman–Crippen LogP) is 3.50. The van der Waals surface area contributed by atoms with E-state index in [9.17, 15) is 13.2 Å². The van der Waals surface area contributed by atoms with Crippen molar-refractivity contribution in [2.24, 2.45) is 17.8 Å². The zero-order valence-electron chi connectivity index (χ0n) is 15.1. The van der Waals surface area contributed by atoms with Crippen LogP contribution in [-0.4, -0.2) is 25.5 Å². The maximum Gasteiger partial charge on any atom is 0.303 e. The van der Waals surface area contributed by atoms with Crippen molar-refractivity contribution in [1.29, 1.82) is 0 Å².